The van der Waals surface area contributed by atoms with E-state index in [4.69, 9.17) is 4.74 Å². The minimum absolute atomic E-state index is 0. The molecule has 1 amide bonds. The van der Waals surface area contributed by atoms with Gasteiger partial charge in [-0.25, -0.2) is 0 Å². The van der Waals surface area contributed by atoms with Crippen molar-refractivity contribution in [3.05, 3.63) is 0 Å². The number of likely N-dealkylation sites (tertiary alicyclic amines) is 1. The third-order valence-electron chi connectivity index (χ3n) is 4.05. The number of halogens is 1. The van der Waals surface area contributed by atoms with Crippen LogP contribution in [0.1, 0.15) is 33.1 Å². The predicted octanol–water partition coefficient (Wildman–Crippen LogP) is 1.14. The number of amides is 1. The standard InChI is InChI=1S/C17H35N5O2.HI/c1-5-18-17(20-11-14-24-6-2)19-10-8-13-22-12-7-9-15(22)16(23)21(3)4;/h15H,5-14H2,1-4H3,(H2,18,19,20);1H. The van der Waals surface area contributed by atoms with Crippen LogP contribution in [-0.2, 0) is 9.53 Å². The number of hydrogen-bond acceptors (Lipinski definition) is 4. The molecule has 0 aromatic heterocycles. The van der Waals surface area contributed by atoms with Crippen LogP contribution in [0.15, 0.2) is 4.99 Å². The summed E-state index contributed by atoms with van der Waals surface area (Å²) in [5, 5.41) is 6.50. The third kappa shape index (κ3) is 9.60. The van der Waals surface area contributed by atoms with Crippen LogP contribution in [0.2, 0.25) is 0 Å². The minimum atomic E-state index is 0. The second kappa shape index (κ2) is 14.5. The summed E-state index contributed by atoms with van der Waals surface area (Å²) >= 11 is 0. The van der Waals surface area contributed by atoms with Gasteiger partial charge in [-0.2, -0.15) is 0 Å². The van der Waals surface area contributed by atoms with Crippen molar-refractivity contribution in [1.82, 2.24) is 20.4 Å². The number of guanidine groups is 1. The van der Waals surface area contributed by atoms with Gasteiger partial charge in [-0.3, -0.25) is 14.7 Å². The molecule has 0 bridgehead atoms. The molecule has 0 aliphatic carbocycles. The van der Waals surface area contributed by atoms with Gasteiger partial charge in [0.1, 0.15) is 0 Å². The lowest BCUT2D eigenvalue weighted by molar-refractivity contribution is -0.133. The van der Waals surface area contributed by atoms with Crippen LogP contribution in [0.25, 0.3) is 0 Å². The maximum Gasteiger partial charge on any atom is 0.239 e. The Bertz CT molecular complexity index is 393. The number of aliphatic imine (C=N–C) groups is 1. The Balaban J connectivity index is 0.00000576. The van der Waals surface area contributed by atoms with E-state index in [-0.39, 0.29) is 35.9 Å². The first-order chi connectivity index (χ1) is 11.6. The van der Waals surface area contributed by atoms with Gasteiger partial charge in [0, 0.05) is 46.9 Å². The van der Waals surface area contributed by atoms with Crippen molar-refractivity contribution in [2.24, 2.45) is 4.99 Å². The van der Waals surface area contributed by atoms with Gasteiger partial charge in [0.15, 0.2) is 5.96 Å². The molecule has 8 heteroatoms. The van der Waals surface area contributed by atoms with Crippen LogP contribution in [-0.4, -0.2) is 87.7 Å². The summed E-state index contributed by atoms with van der Waals surface area (Å²) in [5.74, 6) is 1.06. The molecular weight excluding hydrogens is 433 g/mol. The monoisotopic (exact) mass is 469 g/mol. The molecule has 1 unspecified atom stereocenters. The Kier molecular flexibility index (Phi) is 14.2. The van der Waals surface area contributed by atoms with Crippen LogP contribution in [0, 0.1) is 0 Å². The highest BCUT2D eigenvalue weighted by molar-refractivity contribution is 14.0. The van der Waals surface area contributed by atoms with Gasteiger partial charge in [0.25, 0.3) is 0 Å². The molecule has 0 spiro atoms. The summed E-state index contributed by atoms with van der Waals surface area (Å²) in [7, 11) is 3.67. The zero-order valence-corrected chi connectivity index (χ0v) is 18.5. The van der Waals surface area contributed by atoms with E-state index in [1.165, 1.54) is 0 Å². The summed E-state index contributed by atoms with van der Waals surface area (Å²) in [4.78, 5) is 20.8. The number of carbonyl (C=O) groups is 1. The number of hydrogen-bond donors (Lipinski definition) is 2. The Labute approximate surface area is 170 Å². The topological polar surface area (TPSA) is 69.2 Å². The molecule has 7 nitrogen and oxygen atoms in total. The van der Waals surface area contributed by atoms with E-state index in [0.29, 0.717) is 6.61 Å². The maximum absolute atomic E-state index is 12.2. The molecule has 1 aliphatic heterocycles. The first-order valence-corrected chi connectivity index (χ1v) is 9.15. The van der Waals surface area contributed by atoms with Gasteiger partial charge >= 0.3 is 0 Å². The fraction of sp³-hybridized carbons (Fsp3) is 0.882. The summed E-state index contributed by atoms with van der Waals surface area (Å²) in [6.45, 7) is 9.75. The number of nitrogens with zero attached hydrogens (tertiary/aromatic N) is 3. The van der Waals surface area contributed by atoms with Crippen molar-refractivity contribution in [2.45, 2.75) is 39.2 Å². The van der Waals surface area contributed by atoms with Gasteiger partial charge in [0.2, 0.25) is 5.91 Å². The Hall–Kier alpha value is -0.610. The highest BCUT2D eigenvalue weighted by atomic mass is 127. The summed E-state index contributed by atoms with van der Waals surface area (Å²) in [6, 6.07) is 0.0570. The first-order valence-electron chi connectivity index (χ1n) is 9.15. The van der Waals surface area contributed by atoms with Crippen molar-refractivity contribution in [3.63, 3.8) is 0 Å². The number of rotatable bonds is 10. The quantitative estimate of drug-likeness (QED) is 0.217. The molecule has 25 heavy (non-hydrogen) atoms. The molecule has 1 rings (SSSR count). The molecule has 1 aliphatic rings. The lowest BCUT2D eigenvalue weighted by atomic mass is 10.2. The van der Waals surface area contributed by atoms with Gasteiger partial charge in [-0.15, -0.1) is 24.0 Å². The largest absolute Gasteiger partial charge is 0.380 e. The fourth-order valence-electron chi connectivity index (χ4n) is 2.86. The predicted molar refractivity (Wildman–Crippen MR) is 114 cm³/mol. The normalized spacial score (nSPS) is 17.9. The molecule has 1 saturated heterocycles. The highest BCUT2D eigenvalue weighted by Gasteiger charge is 2.30. The molecule has 0 radical (unpaired) electrons. The van der Waals surface area contributed by atoms with E-state index < -0.39 is 0 Å². The second-order valence-electron chi connectivity index (χ2n) is 6.16. The molecule has 0 aromatic carbocycles. The fourth-order valence-corrected chi connectivity index (χ4v) is 2.86. The van der Waals surface area contributed by atoms with Crippen molar-refractivity contribution in [3.8, 4) is 0 Å². The average molecular weight is 469 g/mol. The first kappa shape index (κ1) is 24.4. The van der Waals surface area contributed by atoms with Crippen LogP contribution >= 0.6 is 24.0 Å². The lowest BCUT2D eigenvalue weighted by Gasteiger charge is -2.25. The molecular formula is C17H36IN5O2. The summed E-state index contributed by atoms with van der Waals surface area (Å²) in [5.41, 5.74) is 0. The number of likely N-dealkylation sites (N-methyl/N-ethyl adjacent to an activating group) is 1. The Morgan fingerprint density at radius 2 is 2.08 bits per heavy atom. The van der Waals surface area contributed by atoms with Gasteiger partial charge in [-0.1, -0.05) is 0 Å². The van der Waals surface area contributed by atoms with E-state index in [1.54, 1.807) is 4.90 Å². The number of ether oxygens (including phenoxy) is 1. The molecule has 1 fully saturated rings. The smallest absolute Gasteiger partial charge is 0.239 e. The van der Waals surface area contributed by atoms with E-state index in [2.05, 4.69) is 27.4 Å². The van der Waals surface area contributed by atoms with E-state index in [9.17, 15) is 4.79 Å². The summed E-state index contributed by atoms with van der Waals surface area (Å²) < 4.78 is 5.32. The lowest BCUT2D eigenvalue weighted by Crippen LogP contribution is -2.43. The molecule has 1 heterocycles. The zero-order chi connectivity index (χ0) is 17.8. The van der Waals surface area contributed by atoms with Crippen molar-refractivity contribution >= 4 is 35.8 Å². The van der Waals surface area contributed by atoms with Crippen LogP contribution in [0.5, 0.6) is 0 Å². The molecule has 0 saturated carbocycles. The van der Waals surface area contributed by atoms with E-state index >= 15 is 0 Å². The van der Waals surface area contributed by atoms with Crippen molar-refractivity contribution in [2.75, 3.05) is 60.0 Å². The van der Waals surface area contributed by atoms with E-state index in [0.717, 1.165) is 64.6 Å². The number of carbonyl (C=O) groups excluding carboxylic acids is 1. The minimum Gasteiger partial charge on any atom is -0.380 e. The van der Waals surface area contributed by atoms with Crippen LogP contribution in [0.4, 0.5) is 0 Å². The van der Waals surface area contributed by atoms with Gasteiger partial charge < -0.3 is 20.3 Å². The number of nitrogens with one attached hydrogen (secondary N) is 2. The SMILES string of the molecule is CCNC(=NCCCN1CCCC1C(=O)N(C)C)NCCOCC.I. The Morgan fingerprint density at radius 1 is 1.32 bits per heavy atom. The van der Waals surface area contributed by atoms with Crippen LogP contribution in [0.3, 0.4) is 0 Å². The maximum atomic E-state index is 12.2. The van der Waals surface area contributed by atoms with Crippen molar-refractivity contribution < 1.29 is 9.53 Å². The van der Waals surface area contributed by atoms with Gasteiger partial charge in [0.05, 0.1) is 12.6 Å². The summed E-state index contributed by atoms with van der Waals surface area (Å²) in [6.07, 6.45) is 3.04. The molecule has 0 aromatic rings. The van der Waals surface area contributed by atoms with Crippen LogP contribution < -0.4 is 10.6 Å². The molecule has 2 N–H and O–H groups in total. The molecule has 1 atom stereocenters. The second-order valence-corrected chi connectivity index (χ2v) is 6.16. The Morgan fingerprint density at radius 3 is 2.72 bits per heavy atom. The van der Waals surface area contributed by atoms with E-state index in [1.807, 2.05) is 21.0 Å². The van der Waals surface area contributed by atoms with Crippen molar-refractivity contribution in [1.29, 1.82) is 0 Å². The molecule has 148 valence electrons. The third-order valence-corrected chi connectivity index (χ3v) is 4.05. The highest BCUT2D eigenvalue weighted by Crippen LogP contribution is 2.18. The van der Waals surface area contributed by atoms with Gasteiger partial charge in [-0.05, 0) is 39.7 Å². The zero-order valence-electron chi connectivity index (χ0n) is 16.2. The average Bonchev–Trinajstić information content (AvgIpc) is 3.02.